The minimum absolute atomic E-state index is 0.192. The molecule has 4 atom stereocenters. The zero-order valence-electron chi connectivity index (χ0n) is 18.3. The topological polar surface area (TPSA) is 75.6 Å². The monoisotopic (exact) mass is 441 g/mol. The van der Waals surface area contributed by atoms with Crippen LogP contribution in [0.3, 0.4) is 0 Å². The predicted molar refractivity (Wildman–Crippen MR) is 124 cm³/mol. The summed E-state index contributed by atoms with van der Waals surface area (Å²) in [6.45, 7) is 0.449. The summed E-state index contributed by atoms with van der Waals surface area (Å²) < 4.78 is 5.89. The van der Waals surface area contributed by atoms with Crippen LogP contribution in [-0.2, 0) is 19.7 Å². The Labute approximate surface area is 193 Å². The molecule has 4 unspecified atom stereocenters. The second-order valence-corrected chi connectivity index (χ2v) is 8.88. The third-order valence-electron chi connectivity index (χ3n) is 7.21. The van der Waals surface area contributed by atoms with E-state index in [9.17, 15) is 14.7 Å². The number of carbonyl (C=O) groups excluding carboxylic acids is 2. The van der Waals surface area contributed by atoms with Crippen molar-refractivity contribution in [1.29, 1.82) is 0 Å². The van der Waals surface area contributed by atoms with Crippen LogP contribution in [0.1, 0.15) is 35.6 Å². The average molecular weight is 442 g/mol. The number of ether oxygens (including phenoxy) is 1. The summed E-state index contributed by atoms with van der Waals surface area (Å²) in [5.74, 6) is -1.08. The third-order valence-corrected chi connectivity index (χ3v) is 7.21. The van der Waals surface area contributed by atoms with Gasteiger partial charge in [0.1, 0.15) is 5.78 Å². The summed E-state index contributed by atoms with van der Waals surface area (Å²) in [6, 6.07) is 29.1. The van der Waals surface area contributed by atoms with Gasteiger partial charge in [-0.2, -0.15) is 0 Å². The second kappa shape index (κ2) is 8.93. The van der Waals surface area contributed by atoms with Crippen molar-refractivity contribution in [3.8, 4) is 0 Å². The van der Waals surface area contributed by atoms with Crippen molar-refractivity contribution in [1.82, 2.24) is 5.32 Å². The summed E-state index contributed by atoms with van der Waals surface area (Å²) in [5.41, 5.74) is 2.20. The molecule has 3 aromatic carbocycles. The molecule has 2 aliphatic rings. The summed E-state index contributed by atoms with van der Waals surface area (Å²) in [6.07, 6.45) is -0.961. The van der Waals surface area contributed by atoms with E-state index in [1.54, 1.807) is 24.3 Å². The highest BCUT2D eigenvalue weighted by Gasteiger charge is 2.58. The largest absolute Gasteiger partial charge is 0.444 e. The molecule has 5 rings (SSSR count). The maximum Gasteiger partial charge on any atom is 0.341 e. The van der Waals surface area contributed by atoms with Crippen LogP contribution in [0.25, 0.3) is 0 Å². The fourth-order valence-corrected chi connectivity index (χ4v) is 5.68. The first-order valence-corrected chi connectivity index (χ1v) is 11.4. The highest BCUT2D eigenvalue weighted by Crippen LogP contribution is 2.53. The average Bonchev–Trinajstić information content (AvgIpc) is 3.30. The molecule has 0 spiro atoms. The molecule has 1 saturated heterocycles. The smallest absolute Gasteiger partial charge is 0.341 e. The van der Waals surface area contributed by atoms with Gasteiger partial charge in [0.15, 0.2) is 12.3 Å². The van der Waals surface area contributed by atoms with Crippen molar-refractivity contribution >= 4 is 11.8 Å². The predicted octanol–water partition coefficient (Wildman–Crippen LogP) is 3.77. The lowest BCUT2D eigenvalue weighted by Gasteiger charge is -2.47. The summed E-state index contributed by atoms with van der Waals surface area (Å²) in [4.78, 5) is 25.9. The van der Waals surface area contributed by atoms with Crippen LogP contribution in [0.4, 0.5) is 0 Å². The van der Waals surface area contributed by atoms with Crippen molar-refractivity contribution < 1.29 is 19.4 Å². The Kier molecular flexibility index (Phi) is 5.83. The molecule has 5 heteroatoms. The summed E-state index contributed by atoms with van der Waals surface area (Å²) in [7, 11) is 0. The van der Waals surface area contributed by atoms with Crippen molar-refractivity contribution in [3.63, 3.8) is 0 Å². The molecule has 0 radical (unpaired) electrons. The SMILES string of the molecule is O=C(OC1NCC2C(=O)CCC(c3ccccc3)(c3ccccc3)C12)C(O)c1ccccc1. The number of carbonyl (C=O) groups is 2. The molecule has 2 fully saturated rings. The molecule has 1 heterocycles. The van der Waals surface area contributed by atoms with Gasteiger partial charge in [0.2, 0.25) is 0 Å². The van der Waals surface area contributed by atoms with Gasteiger partial charge in [-0.05, 0) is 23.1 Å². The maximum atomic E-state index is 13.0. The number of aliphatic hydroxyl groups is 1. The minimum atomic E-state index is -1.38. The number of aliphatic hydroxyl groups excluding tert-OH is 1. The van der Waals surface area contributed by atoms with E-state index in [1.807, 2.05) is 42.5 Å². The Hall–Kier alpha value is -3.28. The number of ketones is 1. The first kappa shape index (κ1) is 21.6. The van der Waals surface area contributed by atoms with E-state index < -0.39 is 23.7 Å². The third kappa shape index (κ3) is 3.77. The molecule has 3 aromatic rings. The molecule has 1 aliphatic heterocycles. The van der Waals surface area contributed by atoms with Crippen LogP contribution in [0.5, 0.6) is 0 Å². The minimum Gasteiger partial charge on any atom is -0.444 e. The molecule has 168 valence electrons. The van der Waals surface area contributed by atoms with Crippen molar-refractivity contribution in [2.75, 3.05) is 6.54 Å². The molecule has 5 nitrogen and oxygen atoms in total. The van der Waals surface area contributed by atoms with Gasteiger partial charge in [0.05, 0.1) is 0 Å². The number of nitrogens with one attached hydrogen (secondary N) is 1. The van der Waals surface area contributed by atoms with E-state index in [2.05, 4.69) is 29.6 Å². The molecule has 1 saturated carbocycles. The molecular weight excluding hydrogens is 414 g/mol. The zero-order valence-corrected chi connectivity index (χ0v) is 18.3. The number of benzene rings is 3. The highest BCUT2D eigenvalue weighted by atomic mass is 16.6. The van der Waals surface area contributed by atoms with Crippen LogP contribution in [0, 0.1) is 11.8 Å². The Balaban J connectivity index is 1.55. The number of fused-ring (bicyclic) bond motifs is 1. The van der Waals surface area contributed by atoms with Gasteiger partial charge in [0.25, 0.3) is 0 Å². The number of esters is 1. The molecular formula is C28H27NO4. The lowest BCUT2D eigenvalue weighted by Crippen LogP contribution is -2.51. The maximum absolute atomic E-state index is 13.0. The van der Waals surface area contributed by atoms with Gasteiger partial charge in [-0.3, -0.25) is 10.1 Å². The molecule has 1 aliphatic carbocycles. The van der Waals surface area contributed by atoms with E-state index in [4.69, 9.17) is 4.74 Å². The molecule has 0 aromatic heterocycles. The van der Waals surface area contributed by atoms with Gasteiger partial charge < -0.3 is 9.84 Å². The lowest BCUT2D eigenvalue weighted by molar-refractivity contribution is -0.165. The normalized spacial score (nSPS) is 24.6. The quantitative estimate of drug-likeness (QED) is 0.590. The van der Waals surface area contributed by atoms with Crippen molar-refractivity contribution in [2.24, 2.45) is 11.8 Å². The molecule has 0 bridgehead atoms. The van der Waals surface area contributed by atoms with Crippen LogP contribution >= 0.6 is 0 Å². The van der Waals surface area contributed by atoms with Gasteiger partial charge in [-0.1, -0.05) is 91.0 Å². The van der Waals surface area contributed by atoms with Crippen LogP contribution in [0.15, 0.2) is 91.0 Å². The fraction of sp³-hybridized carbons (Fsp3) is 0.286. The first-order chi connectivity index (χ1) is 16.1. The number of hydrogen-bond donors (Lipinski definition) is 2. The standard InChI is InChI=1S/C28H27NO4/c30-23-16-17-28(20-12-6-2-7-13-20,21-14-8-3-9-15-21)24-22(23)18-29-26(24)33-27(32)25(31)19-10-4-1-5-11-19/h1-15,22,24-26,29,31H,16-18H2. The zero-order chi connectivity index (χ0) is 22.8. The Bertz CT molecular complexity index is 1080. The van der Waals surface area contributed by atoms with Crippen LogP contribution in [0.2, 0.25) is 0 Å². The van der Waals surface area contributed by atoms with E-state index in [-0.39, 0.29) is 17.6 Å². The van der Waals surface area contributed by atoms with Crippen molar-refractivity contribution in [2.45, 2.75) is 30.6 Å². The van der Waals surface area contributed by atoms with Gasteiger partial charge in [-0.15, -0.1) is 0 Å². The molecule has 0 amide bonds. The van der Waals surface area contributed by atoms with Crippen LogP contribution in [-0.4, -0.2) is 29.6 Å². The number of Topliss-reactive ketones (excluding diaryl/α,β-unsaturated/α-hetero) is 1. The number of rotatable bonds is 5. The van der Waals surface area contributed by atoms with E-state index in [0.717, 1.165) is 11.1 Å². The van der Waals surface area contributed by atoms with E-state index >= 15 is 0 Å². The molecule has 33 heavy (non-hydrogen) atoms. The van der Waals surface area contributed by atoms with Crippen molar-refractivity contribution in [3.05, 3.63) is 108 Å². The second-order valence-electron chi connectivity index (χ2n) is 8.88. The fourth-order valence-electron chi connectivity index (χ4n) is 5.68. The van der Waals surface area contributed by atoms with Gasteiger partial charge >= 0.3 is 5.97 Å². The lowest BCUT2D eigenvalue weighted by atomic mass is 9.56. The van der Waals surface area contributed by atoms with Gasteiger partial charge in [0, 0.05) is 30.2 Å². The highest BCUT2D eigenvalue weighted by molar-refractivity contribution is 5.84. The van der Waals surface area contributed by atoms with Crippen LogP contribution < -0.4 is 5.32 Å². The Morgan fingerprint density at radius 3 is 2.03 bits per heavy atom. The summed E-state index contributed by atoms with van der Waals surface area (Å²) in [5, 5.41) is 13.9. The number of hydrogen-bond acceptors (Lipinski definition) is 5. The van der Waals surface area contributed by atoms with E-state index in [1.165, 1.54) is 0 Å². The summed E-state index contributed by atoms with van der Waals surface area (Å²) >= 11 is 0. The Morgan fingerprint density at radius 2 is 1.45 bits per heavy atom. The first-order valence-electron chi connectivity index (χ1n) is 11.4. The van der Waals surface area contributed by atoms with E-state index in [0.29, 0.717) is 24.9 Å². The molecule has 2 N–H and O–H groups in total. The van der Waals surface area contributed by atoms with Gasteiger partial charge in [-0.25, -0.2) is 4.79 Å². The Morgan fingerprint density at radius 1 is 0.909 bits per heavy atom.